The van der Waals surface area contributed by atoms with Gasteiger partial charge in [0.2, 0.25) is 0 Å². The average molecular weight is 550 g/mol. The van der Waals surface area contributed by atoms with Crippen LogP contribution >= 0.6 is 11.3 Å². The molecule has 1 amide bonds. The highest BCUT2D eigenvalue weighted by molar-refractivity contribution is 7.17. The molecule has 1 N–H and O–H groups in total. The maximum absolute atomic E-state index is 13.5. The number of carbonyl (C=O) groups excluding carboxylic acids is 3. The molecule has 0 saturated heterocycles. The molecule has 3 heterocycles. The second-order valence-electron chi connectivity index (χ2n) is 10.4. The third-order valence-corrected chi connectivity index (χ3v) is 8.62. The highest BCUT2D eigenvalue weighted by Gasteiger charge is 2.30. The number of ether oxygens (including phenoxy) is 2. The number of hydrogen-bond acceptors (Lipinski definition) is 8. The largest absolute Gasteiger partial charge is 0.462 e. The minimum Gasteiger partial charge on any atom is -0.462 e. The van der Waals surface area contributed by atoms with E-state index in [1.165, 1.54) is 11.3 Å². The summed E-state index contributed by atoms with van der Waals surface area (Å²) in [6.07, 6.45) is 4.42. The molecule has 5 rings (SSSR count). The van der Waals surface area contributed by atoms with Crippen molar-refractivity contribution in [2.24, 2.45) is 5.92 Å². The highest BCUT2D eigenvalue weighted by atomic mass is 32.1. The van der Waals surface area contributed by atoms with Gasteiger partial charge in [-0.1, -0.05) is 32.0 Å². The van der Waals surface area contributed by atoms with Gasteiger partial charge in [0.1, 0.15) is 5.00 Å². The van der Waals surface area contributed by atoms with Crippen LogP contribution in [0.15, 0.2) is 24.3 Å². The summed E-state index contributed by atoms with van der Waals surface area (Å²) >= 11 is 1.42. The number of rotatable bonds is 8. The number of benzene rings is 1. The number of amides is 1. The van der Waals surface area contributed by atoms with Gasteiger partial charge >= 0.3 is 11.9 Å². The van der Waals surface area contributed by atoms with Gasteiger partial charge in [0, 0.05) is 41.0 Å². The summed E-state index contributed by atoms with van der Waals surface area (Å²) in [5, 5.41) is 4.03. The molecular formula is C30H35N3O5S. The van der Waals surface area contributed by atoms with E-state index in [1.807, 2.05) is 24.3 Å². The Bertz CT molecular complexity index is 1420. The summed E-state index contributed by atoms with van der Waals surface area (Å²) in [5.74, 6) is -0.933. The van der Waals surface area contributed by atoms with Crippen LogP contribution in [0.2, 0.25) is 0 Å². The van der Waals surface area contributed by atoms with Crippen LogP contribution in [0.1, 0.15) is 76.0 Å². The third kappa shape index (κ3) is 5.70. The quantitative estimate of drug-likeness (QED) is 0.388. The summed E-state index contributed by atoms with van der Waals surface area (Å²) in [6, 6.07) is 7.55. The standard InChI is InChI=1S/C30H35N3O5S/c1-4-13-33-14-12-23-21(16-33)26(19-8-6-7-9-22(19)31-23)29(35)38-17-25(34)32-28-27(30(36)37-5-2)20-11-10-18(3)15-24(20)39-28/h6-9,18H,4-5,10-17H2,1-3H3,(H,32,34). The van der Waals surface area contributed by atoms with E-state index in [0.717, 1.165) is 77.8 Å². The van der Waals surface area contributed by atoms with Crippen LogP contribution < -0.4 is 5.32 Å². The van der Waals surface area contributed by atoms with Gasteiger partial charge in [0.25, 0.3) is 5.91 Å². The van der Waals surface area contributed by atoms with Crippen molar-refractivity contribution in [1.82, 2.24) is 9.88 Å². The molecule has 2 aromatic heterocycles. The number of nitrogens with one attached hydrogen (secondary N) is 1. The first-order valence-corrected chi connectivity index (χ1v) is 14.6. The van der Waals surface area contributed by atoms with Crippen molar-refractivity contribution >= 4 is 45.1 Å². The van der Waals surface area contributed by atoms with Crippen molar-refractivity contribution in [3.8, 4) is 0 Å². The monoisotopic (exact) mass is 549 g/mol. The predicted octanol–water partition coefficient (Wildman–Crippen LogP) is 5.16. The number of thiophene rings is 1. The van der Waals surface area contributed by atoms with Crippen molar-refractivity contribution < 1.29 is 23.9 Å². The van der Waals surface area contributed by atoms with Crippen LogP contribution in [0.4, 0.5) is 5.00 Å². The first-order chi connectivity index (χ1) is 18.9. The summed E-state index contributed by atoms with van der Waals surface area (Å²) in [4.78, 5) is 47.5. The van der Waals surface area contributed by atoms with Crippen molar-refractivity contribution in [3.63, 3.8) is 0 Å². The van der Waals surface area contributed by atoms with Crippen LogP contribution in [0.5, 0.6) is 0 Å². The first-order valence-electron chi connectivity index (χ1n) is 13.8. The molecule has 9 heteroatoms. The number of aromatic nitrogens is 1. The lowest BCUT2D eigenvalue weighted by molar-refractivity contribution is -0.119. The maximum Gasteiger partial charge on any atom is 0.341 e. The smallest absolute Gasteiger partial charge is 0.341 e. The third-order valence-electron chi connectivity index (χ3n) is 7.45. The van der Waals surface area contributed by atoms with E-state index in [-0.39, 0.29) is 6.61 Å². The van der Waals surface area contributed by atoms with Crippen LogP contribution in [0.25, 0.3) is 10.9 Å². The molecule has 0 saturated carbocycles. The van der Waals surface area contributed by atoms with Crippen molar-refractivity contribution in [2.45, 2.75) is 59.4 Å². The number of anilines is 1. The topological polar surface area (TPSA) is 97.8 Å². The molecule has 0 radical (unpaired) electrons. The molecule has 1 unspecified atom stereocenters. The van der Waals surface area contributed by atoms with Gasteiger partial charge in [0.15, 0.2) is 6.61 Å². The van der Waals surface area contributed by atoms with Gasteiger partial charge in [-0.05, 0) is 56.7 Å². The Labute approximate surface area is 232 Å². The lowest BCUT2D eigenvalue weighted by Gasteiger charge is -2.29. The van der Waals surface area contributed by atoms with Crippen LogP contribution in [-0.2, 0) is 40.1 Å². The van der Waals surface area contributed by atoms with E-state index in [4.69, 9.17) is 14.5 Å². The molecule has 206 valence electrons. The van der Waals surface area contributed by atoms with Gasteiger partial charge in [-0.2, -0.15) is 0 Å². The van der Waals surface area contributed by atoms with Crippen molar-refractivity contribution in [3.05, 3.63) is 57.1 Å². The van der Waals surface area contributed by atoms with Crippen molar-refractivity contribution in [2.75, 3.05) is 31.6 Å². The van der Waals surface area contributed by atoms with Gasteiger partial charge < -0.3 is 14.8 Å². The number of carbonyl (C=O) groups is 3. The molecule has 1 atom stereocenters. The van der Waals surface area contributed by atoms with Crippen LogP contribution in [-0.4, -0.2) is 54.0 Å². The predicted molar refractivity (Wildman–Crippen MR) is 151 cm³/mol. The number of pyridine rings is 1. The molecule has 0 fully saturated rings. The molecule has 39 heavy (non-hydrogen) atoms. The second kappa shape index (κ2) is 11.8. The summed E-state index contributed by atoms with van der Waals surface area (Å²) in [5.41, 5.74) is 4.42. The van der Waals surface area contributed by atoms with E-state index in [2.05, 4.69) is 24.1 Å². The fourth-order valence-corrected chi connectivity index (χ4v) is 7.03. The van der Waals surface area contributed by atoms with Gasteiger partial charge in [-0.15, -0.1) is 11.3 Å². The van der Waals surface area contributed by atoms with Crippen LogP contribution in [0.3, 0.4) is 0 Å². The Morgan fingerprint density at radius 2 is 1.87 bits per heavy atom. The van der Waals surface area contributed by atoms with Gasteiger partial charge in [0.05, 0.1) is 23.3 Å². The zero-order valence-electron chi connectivity index (χ0n) is 22.8. The Morgan fingerprint density at radius 1 is 1.08 bits per heavy atom. The lowest BCUT2D eigenvalue weighted by atomic mass is 9.88. The Balaban J connectivity index is 1.36. The van der Waals surface area contributed by atoms with Gasteiger partial charge in [-0.25, -0.2) is 9.59 Å². The van der Waals surface area contributed by atoms with Gasteiger partial charge in [-0.3, -0.25) is 14.7 Å². The van der Waals surface area contributed by atoms with E-state index >= 15 is 0 Å². The minimum absolute atomic E-state index is 0.255. The van der Waals surface area contributed by atoms with E-state index in [0.29, 0.717) is 28.6 Å². The van der Waals surface area contributed by atoms with E-state index < -0.39 is 24.5 Å². The number of para-hydroxylation sites is 1. The SMILES string of the molecule is CCCN1CCc2nc3ccccc3c(C(=O)OCC(=O)Nc3sc4c(c3C(=O)OCC)CCC(C)C4)c2C1. The summed E-state index contributed by atoms with van der Waals surface area (Å²) in [6.45, 7) is 8.35. The molecule has 1 aliphatic heterocycles. The zero-order chi connectivity index (χ0) is 27.5. The van der Waals surface area contributed by atoms with Crippen LogP contribution in [0, 0.1) is 5.92 Å². The molecule has 8 nitrogen and oxygen atoms in total. The van der Waals surface area contributed by atoms with E-state index in [9.17, 15) is 14.4 Å². The fraction of sp³-hybridized carbons (Fsp3) is 0.467. The van der Waals surface area contributed by atoms with Crippen molar-refractivity contribution in [1.29, 1.82) is 0 Å². The molecule has 0 spiro atoms. The summed E-state index contributed by atoms with van der Waals surface area (Å²) < 4.78 is 10.9. The summed E-state index contributed by atoms with van der Waals surface area (Å²) in [7, 11) is 0. The van der Waals surface area contributed by atoms with E-state index in [1.54, 1.807) is 6.92 Å². The normalized spacial score (nSPS) is 16.8. The first kappa shape index (κ1) is 27.3. The Hall–Kier alpha value is -3.30. The second-order valence-corrected chi connectivity index (χ2v) is 11.5. The molecule has 3 aromatic rings. The molecule has 1 aromatic carbocycles. The minimum atomic E-state index is -0.539. The maximum atomic E-state index is 13.5. The molecule has 2 aliphatic rings. The highest BCUT2D eigenvalue weighted by Crippen LogP contribution is 2.40. The fourth-order valence-electron chi connectivity index (χ4n) is 5.61. The average Bonchev–Trinajstić information content (AvgIpc) is 3.27. The molecular weight excluding hydrogens is 514 g/mol. The number of esters is 2. The number of fused-ring (bicyclic) bond motifs is 3. The zero-order valence-corrected chi connectivity index (χ0v) is 23.6. The number of hydrogen-bond donors (Lipinski definition) is 1. The molecule has 0 bridgehead atoms. The lowest BCUT2D eigenvalue weighted by Crippen LogP contribution is -2.33. The molecule has 1 aliphatic carbocycles. The Morgan fingerprint density at radius 3 is 2.67 bits per heavy atom. The Kier molecular flexibility index (Phi) is 8.28. The number of nitrogens with zero attached hydrogens (tertiary/aromatic N) is 2.